The van der Waals surface area contributed by atoms with Gasteiger partial charge in [0.05, 0.1) is 24.5 Å². The molecule has 2 aromatic rings. The highest BCUT2D eigenvalue weighted by atomic mass is 32.2. The molecule has 0 aliphatic heterocycles. The van der Waals surface area contributed by atoms with E-state index < -0.39 is 0 Å². The van der Waals surface area contributed by atoms with Gasteiger partial charge in [0, 0.05) is 6.54 Å². The Morgan fingerprint density at radius 3 is 2.84 bits per heavy atom. The van der Waals surface area contributed by atoms with E-state index in [1.165, 1.54) is 11.8 Å². The molecule has 0 saturated carbocycles. The van der Waals surface area contributed by atoms with Gasteiger partial charge in [-0.05, 0) is 19.1 Å². The van der Waals surface area contributed by atoms with Crippen LogP contribution in [0.5, 0.6) is 5.75 Å². The molecule has 0 fully saturated rings. The number of aromatic nitrogens is 3. The van der Waals surface area contributed by atoms with Gasteiger partial charge in [-0.3, -0.25) is 0 Å². The minimum absolute atomic E-state index is 0.365. The second kappa shape index (κ2) is 6.25. The van der Waals surface area contributed by atoms with Crippen LogP contribution in [0.3, 0.4) is 0 Å². The van der Waals surface area contributed by atoms with Gasteiger partial charge in [-0.15, -0.1) is 10.2 Å². The zero-order chi connectivity index (χ0) is 13.7. The summed E-state index contributed by atoms with van der Waals surface area (Å²) < 4.78 is 7.34. The molecule has 5 nitrogen and oxygen atoms in total. The summed E-state index contributed by atoms with van der Waals surface area (Å²) in [5.74, 6) is 1.89. The number of nitriles is 1. The molecule has 0 amide bonds. The summed E-state index contributed by atoms with van der Waals surface area (Å²) in [6.45, 7) is 2.77. The van der Waals surface area contributed by atoms with Crippen molar-refractivity contribution >= 4 is 11.8 Å². The first-order valence-corrected chi connectivity index (χ1v) is 6.86. The van der Waals surface area contributed by atoms with Crippen LogP contribution in [0.2, 0.25) is 0 Å². The Kier molecular flexibility index (Phi) is 4.42. The summed E-state index contributed by atoms with van der Waals surface area (Å²) >= 11 is 1.39. The van der Waals surface area contributed by atoms with Crippen LogP contribution in [0.1, 0.15) is 6.92 Å². The molecule has 1 aromatic heterocycles. The molecule has 0 unspecified atom stereocenters. The molecule has 98 valence electrons. The monoisotopic (exact) mass is 274 g/mol. The predicted molar refractivity (Wildman–Crippen MR) is 74.0 cm³/mol. The second-order valence-corrected chi connectivity index (χ2v) is 4.64. The van der Waals surface area contributed by atoms with Crippen LogP contribution < -0.4 is 4.74 Å². The number of ether oxygens (including phenoxy) is 1. The molecule has 0 aliphatic rings. The van der Waals surface area contributed by atoms with Crippen LogP contribution in [0, 0.1) is 11.3 Å². The van der Waals surface area contributed by atoms with Crippen LogP contribution in [0.4, 0.5) is 0 Å². The Morgan fingerprint density at radius 2 is 2.16 bits per heavy atom. The molecule has 0 N–H and O–H groups in total. The zero-order valence-electron chi connectivity index (χ0n) is 10.8. The number of methoxy groups -OCH3 is 1. The Morgan fingerprint density at radius 1 is 1.37 bits per heavy atom. The lowest BCUT2D eigenvalue weighted by molar-refractivity contribution is 0.416. The van der Waals surface area contributed by atoms with Gasteiger partial charge in [0.15, 0.2) is 11.0 Å². The fourth-order valence-corrected chi connectivity index (χ4v) is 2.47. The van der Waals surface area contributed by atoms with Gasteiger partial charge in [-0.25, -0.2) is 0 Å². The molecule has 0 aliphatic carbocycles. The molecular formula is C13H14N4OS. The molecular weight excluding hydrogens is 260 g/mol. The van der Waals surface area contributed by atoms with Crippen LogP contribution >= 0.6 is 11.8 Å². The van der Waals surface area contributed by atoms with Crippen LogP contribution in [-0.2, 0) is 6.54 Å². The van der Waals surface area contributed by atoms with Gasteiger partial charge in [0.1, 0.15) is 5.75 Å². The van der Waals surface area contributed by atoms with Gasteiger partial charge in [-0.1, -0.05) is 23.9 Å². The summed E-state index contributed by atoms with van der Waals surface area (Å²) in [4.78, 5) is 0. The molecule has 1 aromatic carbocycles. The maximum absolute atomic E-state index is 8.65. The minimum Gasteiger partial charge on any atom is -0.496 e. The molecule has 0 atom stereocenters. The first-order chi connectivity index (χ1) is 9.31. The fourth-order valence-electron chi connectivity index (χ4n) is 1.81. The Labute approximate surface area is 116 Å². The van der Waals surface area contributed by atoms with E-state index in [1.807, 2.05) is 35.8 Å². The third kappa shape index (κ3) is 2.71. The summed E-state index contributed by atoms with van der Waals surface area (Å²) in [6.07, 6.45) is 0. The SMILES string of the molecule is CCn1c(SCC#N)nnc1-c1ccccc1OC. The molecule has 2 rings (SSSR count). The first-order valence-electron chi connectivity index (χ1n) is 5.88. The van der Waals surface area contributed by atoms with Crippen molar-refractivity contribution in [2.75, 3.05) is 12.9 Å². The zero-order valence-corrected chi connectivity index (χ0v) is 11.6. The number of para-hydroxylation sites is 1. The Balaban J connectivity index is 2.45. The van der Waals surface area contributed by atoms with E-state index in [-0.39, 0.29) is 0 Å². The number of benzene rings is 1. The van der Waals surface area contributed by atoms with Gasteiger partial charge in [-0.2, -0.15) is 5.26 Å². The fraction of sp³-hybridized carbons (Fsp3) is 0.308. The number of hydrogen-bond donors (Lipinski definition) is 0. The third-order valence-corrected chi connectivity index (χ3v) is 3.48. The lowest BCUT2D eigenvalue weighted by Gasteiger charge is -2.09. The predicted octanol–water partition coefficient (Wildman–Crippen LogP) is 2.59. The molecule has 0 saturated heterocycles. The average molecular weight is 274 g/mol. The van der Waals surface area contributed by atoms with Gasteiger partial charge in [0.25, 0.3) is 0 Å². The van der Waals surface area contributed by atoms with E-state index in [2.05, 4.69) is 16.3 Å². The molecule has 0 spiro atoms. The van der Waals surface area contributed by atoms with Crippen molar-refractivity contribution in [2.24, 2.45) is 0 Å². The summed E-state index contributed by atoms with van der Waals surface area (Å²) in [5, 5.41) is 17.8. The Bertz CT molecular complexity index is 603. The summed E-state index contributed by atoms with van der Waals surface area (Å²) in [7, 11) is 1.64. The van der Waals surface area contributed by atoms with Crippen molar-refractivity contribution in [3.8, 4) is 23.2 Å². The van der Waals surface area contributed by atoms with Crippen molar-refractivity contribution in [2.45, 2.75) is 18.6 Å². The topological polar surface area (TPSA) is 63.7 Å². The van der Waals surface area contributed by atoms with Crippen molar-refractivity contribution in [3.05, 3.63) is 24.3 Å². The maximum Gasteiger partial charge on any atom is 0.192 e. The molecule has 1 heterocycles. The van der Waals surface area contributed by atoms with Crippen molar-refractivity contribution in [3.63, 3.8) is 0 Å². The third-order valence-electron chi connectivity index (χ3n) is 2.65. The highest BCUT2D eigenvalue weighted by Crippen LogP contribution is 2.30. The van der Waals surface area contributed by atoms with Crippen molar-refractivity contribution in [1.29, 1.82) is 5.26 Å². The molecule has 6 heteroatoms. The standard InChI is InChI=1S/C13H14N4OS/c1-3-17-12(15-16-13(17)19-9-8-14)10-6-4-5-7-11(10)18-2/h4-7H,3,9H2,1-2H3. The number of nitrogens with zero attached hydrogens (tertiary/aromatic N) is 4. The number of hydrogen-bond acceptors (Lipinski definition) is 5. The summed E-state index contributed by atoms with van der Waals surface area (Å²) in [5.41, 5.74) is 0.906. The highest BCUT2D eigenvalue weighted by Gasteiger charge is 2.15. The molecule has 0 radical (unpaired) electrons. The largest absolute Gasteiger partial charge is 0.496 e. The van der Waals surface area contributed by atoms with E-state index in [4.69, 9.17) is 10.00 Å². The van der Waals surface area contributed by atoms with E-state index >= 15 is 0 Å². The highest BCUT2D eigenvalue weighted by molar-refractivity contribution is 7.99. The molecule has 0 bridgehead atoms. The van der Waals surface area contributed by atoms with E-state index in [1.54, 1.807) is 7.11 Å². The normalized spacial score (nSPS) is 10.2. The van der Waals surface area contributed by atoms with Gasteiger partial charge < -0.3 is 9.30 Å². The number of thioether (sulfide) groups is 1. The lowest BCUT2D eigenvalue weighted by atomic mass is 10.2. The van der Waals surface area contributed by atoms with E-state index in [0.29, 0.717) is 5.75 Å². The smallest absolute Gasteiger partial charge is 0.192 e. The Hall–Kier alpha value is -2.00. The van der Waals surface area contributed by atoms with Crippen molar-refractivity contribution < 1.29 is 4.74 Å². The number of rotatable bonds is 5. The maximum atomic E-state index is 8.65. The average Bonchev–Trinajstić information content (AvgIpc) is 2.87. The van der Waals surface area contributed by atoms with Crippen LogP contribution in [0.25, 0.3) is 11.4 Å². The van der Waals surface area contributed by atoms with Crippen molar-refractivity contribution in [1.82, 2.24) is 14.8 Å². The molecule has 19 heavy (non-hydrogen) atoms. The van der Waals surface area contributed by atoms with Crippen LogP contribution in [-0.4, -0.2) is 27.6 Å². The van der Waals surface area contributed by atoms with E-state index in [9.17, 15) is 0 Å². The minimum atomic E-state index is 0.365. The second-order valence-electron chi connectivity index (χ2n) is 3.70. The van der Waals surface area contributed by atoms with Crippen LogP contribution in [0.15, 0.2) is 29.4 Å². The summed E-state index contributed by atoms with van der Waals surface area (Å²) in [6, 6.07) is 9.80. The van der Waals surface area contributed by atoms with Gasteiger partial charge in [0.2, 0.25) is 0 Å². The van der Waals surface area contributed by atoms with E-state index in [0.717, 1.165) is 28.8 Å². The quantitative estimate of drug-likeness (QED) is 0.784. The lowest BCUT2D eigenvalue weighted by Crippen LogP contribution is -2.01. The van der Waals surface area contributed by atoms with Gasteiger partial charge >= 0.3 is 0 Å². The first kappa shape index (κ1) is 13.4.